The van der Waals surface area contributed by atoms with E-state index in [9.17, 15) is 47.9 Å². The molecule has 0 aromatic rings. The molecular formula is C61H82O19. The predicted octanol–water partition coefficient (Wildman–Crippen LogP) is 6.87. The number of Topliss-reactive ketones (excluding diaryl/α,β-unsaturated/α-hetero) is 1. The first-order chi connectivity index (χ1) is 38.5. The van der Waals surface area contributed by atoms with Gasteiger partial charge in [0.1, 0.15) is 5.78 Å². The first-order valence-corrected chi connectivity index (χ1v) is 28.8. The molecule has 0 aromatic carbocycles. The van der Waals surface area contributed by atoms with Crippen LogP contribution in [0, 0.1) is 35.5 Å². The number of rotatable bonds is 25. The highest BCUT2D eigenvalue weighted by Gasteiger charge is 2.58. The minimum Gasteiger partial charge on any atom is -0.466 e. The SMILES string of the molecule is CC(=O)C1CC2C=CC1(C=O)O2.CCCCC(CC)COC(=O)C1CC2C=CC1(C=O)O2.CCCCCCOC(=O)C1CC2C=CC1(C=O)O2.CCCCOC(=O)C1CC2C=CC1(C=O)O2.CCOC(=O)C1CC2C=CC1(C=O)O2. The van der Waals surface area contributed by atoms with Crippen molar-refractivity contribution in [3.8, 4) is 0 Å². The summed E-state index contributed by atoms with van der Waals surface area (Å²) >= 11 is 0. The molecule has 10 heterocycles. The van der Waals surface area contributed by atoms with E-state index in [1.807, 2.05) is 37.3 Å². The van der Waals surface area contributed by atoms with E-state index in [2.05, 4.69) is 20.8 Å². The molecule has 80 heavy (non-hydrogen) atoms. The van der Waals surface area contributed by atoms with Crippen molar-refractivity contribution in [3.63, 3.8) is 0 Å². The van der Waals surface area contributed by atoms with Crippen molar-refractivity contribution in [2.75, 3.05) is 26.4 Å². The third-order valence-electron chi connectivity index (χ3n) is 16.5. The van der Waals surface area contributed by atoms with Crippen LogP contribution in [0.25, 0.3) is 0 Å². The Labute approximate surface area is 469 Å². The monoisotopic (exact) mass is 1120 g/mol. The minimum atomic E-state index is -1.06. The number of fused-ring (bicyclic) bond motifs is 10. The second kappa shape index (κ2) is 28.9. The van der Waals surface area contributed by atoms with Crippen LogP contribution in [0.4, 0.5) is 0 Å². The van der Waals surface area contributed by atoms with Crippen molar-refractivity contribution in [2.45, 2.75) is 196 Å². The van der Waals surface area contributed by atoms with Crippen LogP contribution in [0.2, 0.25) is 0 Å². The standard InChI is InChI=1S/C16H24O4.C14H20O4.C12H16O4.C10H12O4.C9H10O3/c1-3-5-6-12(4-2)10-19-15(18)14-9-13-7-8-16(14,11-17)20-13;1-2-3-4-5-8-17-13(16)12-9-11-6-7-14(12,10-15)18-11;1-2-3-6-15-11(14)10-7-9-4-5-12(10,8-13)16-9;1-2-13-9(12)8-5-7-3-4-10(8,6-11)14-7;1-6(11)8-4-7-2-3-9(8,5-10)12-7/h7-8,11-14H,3-6,9-10H2,1-2H3;6-7,10-12H,2-5,8-9H2,1H3;4-5,8-10H,2-3,6-7H2,1H3;3-4,6-8H,2,5H2,1H3;2-3,5,7-8H,4H2,1H3. The van der Waals surface area contributed by atoms with Gasteiger partial charge >= 0.3 is 23.9 Å². The molecule has 0 spiro atoms. The van der Waals surface area contributed by atoms with Crippen LogP contribution in [-0.4, -0.2) is 146 Å². The Morgan fingerprint density at radius 3 is 1.06 bits per heavy atom. The maximum absolute atomic E-state index is 12.2. The molecule has 5 saturated heterocycles. The van der Waals surface area contributed by atoms with E-state index >= 15 is 0 Å². The van der Waals surface area contributed by atoms with E-state index in [0.29, 0.717) is 77.0 Å². The molecule has 10 rings (SSSR count). The molecule has 0 amide bonds. The van der Waals surface area contributed by atoms with E-state index in [0.717, 1.165) is 83.1 Å². The third-order valence-corrected chi connectivity index (χ3v) is 16.5. The Balaban J connectivity index is 0.000000163. The molecule has 16 unspecified atom stereocenters. The van der Waals surface area contributed by atoms with E-state index in [4.69, 9.17) is 42.6 Å². The van der Waals surface area contributed by atoms with Gasteiger partial charge in [-0.3, -0.25) is 47.9 Å². The Hall–Kier alpha value is -5.60. The van der Waals surface area contributed by atoms with Gasteiger partial charge in [0.2, 0.25) is 0 Å². The fourth-order valence-corrected chi connectivity index (χ4v) is 11.7. The molecule has 19 nitrogen and oxygen atoms in total. The van der Waals surface area contributed by atoms with Crippen LogP contribution in [0.3, 0.4) is 0 Å². The molecule has 19 heteroatoms. The Morgan fingerprint density at radius 1 is 0.438 bits per heavy atom. The van der Waals surface area contributed by atoms with Gasteiger partial charge in [-0.05, 0) is 102 Å². The van der Waals surface area contributed by atoms with Crippen molar-refractivity contribution >= 4 is 61.1 Å². The summed E-state index contributed by atoms with van der Waals surface area (Å²) in [4.78, 5) is 114. The molecule has 5 fully saturated rings. The number of carbonyl (C=O) groups is 10. The van der Waals surface area contributed by atoms with Crippen LogP contribution in [0.1, 0.15) is 138 Å². The van der Waals surface area contributed by atoms with Gasteiger partial charge in [-0.1, -0.05) is 103 Å². The highest BCUT2D eigenvalue weighted by Crippen LogP contribution is 2.46. The van der Waals surface area contributed by atoms with Crippen molar-refractivity contribution < 1.29 is 90.6 Å². The normalized spacial score (nSPS) is 35.8. The van der Waals surface area contributed by atoms with Crippen LogP contribution in [0.15, 0.2) is 60.8 Å². The van der Waals surface area contributed by atoms with Crippen LogP contribution >= 0.6 is 0 Å². The van der Waals surface area contributed by atoms with Crippen molar-refractivity contribution in [1.29, 1.82) is 0 Å². The summed E-state index contributed by atoms with van der Waals surface area (Å²) in [7, 11) is 0. The number of ether oxygens (including phenoxy) is 9. The molecule has 0 aliphatic carbocycles. The number of aldehydes is 5. The number of esters is 4. The summed E-state index contributed by atoms with van der Waals surface area (Å²) in [5.74, 6) is -2.91. The van der Waals surface area contributed by atoms with Gasteiger partial charge in [-0.15, -0.1) is 0 Å². The lowest BCUT2D eigenvalue weighted by atomic mass is 9.81. The number of hydrogen-bond acceptors (Lipinski definition) is 19. The Morgan fingerprint density at radius 2 is 0.762 bits per heavy atom. The van der Waals surface area contributed by atoms with Crippen molar-refractivity contribution in [1.82, 2.24) is 0 Å². The summed E-state index contributed by atoms with van der Waals surface area (Å²) in [5, 5.41) is 0. The van der Waals surface area contributed by atoms with Crippen LogP contribution in [-0.2, 0) is 90.6 Å². The number of unbranched alkanes of at least 4 members (excludes halogenated alkanes) is 5. The van der Waals surface area contributed by atoms with E-state index in [1.54, 1.807) is 37.3 Å². The van der Waals surface area contributed by atoms with Gasteiger partial charge in [-0.25, -0.2) is 0 Å². The van der Waals surface area contributed by atoms with Crippen molar-refractivity contribution in [2.24, 2.45) is 35.5 Å². The zero-order valence-corrected chi connectivity index (χ0v) is 47.2. The van der Waals surface area contributed by atoms with Gasteiger partial charge in [0.25, 0.3) is 0 Å². The van der Waals surface area contributed by atoms with E-state index < -0.39 is 51.7 Å². The summed E-state index contributed by atoms with van der Waals surface area (Å²) in [6, 6.07) is 0. The lowest BCUT2D eigenvalue weighted by Crippen LogP contribution is -2.40. The lowest BCUT2D eigenvalue weighted by Gasteiger charge is -2.24. The second-order valence-corrected chi connectivity index (χ2v) is 22.0. The molecule has 16 atom stereocenters. The molecule has 0 N–H and O–H groups in total. The molecule has 10 aliphatic rings. The maximum Gasteiger partial charge on any atom is 0.312 e. The summed E-state index contributed by atoms with van der Waals surface area (Å²) < 4.78 is 48.0. The van der Waals surface area contributed by atoms with Gasteiger partial charge in [-0.2, -0.15) is 0 Å². The summed E-state index contributed by atoms with van der Waals surface area (Å²) in [6.45, 7) is 13.4. The van der Waals surface area contributed by atoms with E-state index in [-0.39, 0.29) is 66.1 Å². The average Bonchev–Trinajstić information content (AvgIpc) is 4.45. The molecule has 0 radical (unpaired) electrons. The molecule has 0 aromatic heterocycles. The zero-order chi connectivity index (χ0) is 58.1. The molecular weight excluding hydrogens is 1040 g/mol. The molecule has 10 aliphatic heterocycles. The highest BCUT2D eigenvalue weighted by atomic mass is 16.6. The number of carbonyl (C=O) groups excluding carboxylic acids is 10. The Kier molecular flexibility index (Phi) is 23.0. The molecule has 0 saturated carbocycles. The highest BCUT2D eigenvalue weighted by molar-refractivity contribution is 5.88. The zero-order valence-electron chi connectivity index (χ0n) is 47.2. The topological polar surface area (TPSA) is 254 Å². The smallest absolute Gasteiger partial charge is 0.312 e. The average molecular weight is 1120 g/mol. The summed E-state index contributed by atoms with van der Waals surface area (Å²) in [6.07, 6.45) is 34.2. The fraction of sp³-hybridized carbons (Fsp3) is 0.672. The maximum atomic E-state index is 12.2. The lowest BCUT2D eigenvalue weighted by molar-refractivity contribution is -0.156. The fourth-order valence-electron chi connectivity index (χ4n) is 11.7. The first kappa shape index (κ1) is 63.6. The number of ketones is 1. The second-order valence-electron chi connectivity index (χ2n) is 22.0. The van der Waals surface area contributed by atoms with Crippen molar-refractivity contribution in [3.05, 3.63) is 60.8 Å². The van der Waals surface area contributed by atoms with Gasteiger partial charge in [0.15, 0.2) is 59.4 Å². The minimum absolute atomic E-state index is 0.0240. The number of hydrogen-bond donors (Lipinski definition) is 0. The quantitative estimate of drug-likeness (QED) is 0.0297. The Bertz CT molecular complexity index is 2370. The van der Waals surface area contributed by atoms with Crippen LogP contribution < -0.4 is 0 Å². The van der Waals surface area contributed by atoms with Gasteiger partial charge < -0.3 is 42.6 Å². The largest absolute Gasteiger partial charge is 0.466 e. The van der Waals surface area contributed by atoms with Gasteiger partial charge in [0.05, 0.1) is 86.5 Å². The molecule has 440 valence electrons. The van der Waals surface area contributed by atoms with Crippen LogP contribution in [0.5, 0.6) is 0 Å². The predicted molar refractivity (Wildman–Crippen MR) is 287 cm³/mol. The van der Waals surface area contributed by atoms with E-state index in [1.165, 1.54) is 6.92 Å². The molecule has 10 bridgehead atoms. The summed E-state index contributed by atoms with van der Waals surface area (Å²) in [5.41, 5.74) is -5.13. The van der Waals surface area contributed by atoms with Gasteiger partial charge in [0, 0.05) is 0 Å². The first-order valence-electron chi connectivity index (χ1n) is 28.8. The third kappa shape index (κ3) is 14.3.